The minimum Gasteiger partial charge on any atom is -0.463 e. The van der Waals surface area contributed by atoms with E-state index in [-0.39, 0.29) is 12.2 Å². The van der Waals surface area contributed by atoms with Gasteiger partial charge in [-0.15, -0.1) is 0 Å². The molecule has 0 fully saturated rings. The topological polar surface area (TPSA) is 47.6 Å². The molecule has 0 aliphatic rings. The monoisotopic (exact) mass is 311 g/mol. The van der Waals surface area contributed by atoms with E-state index in [1.54, 1.807) is 30.3 Å². The summed E-state index contributed by atoms with van der Waals surface area (Å²) in [5.74, 6) is 0.380. The number of carbonyl (C=O) groups is 1. The highest BCUT2D eigenvalue weighted by Gasteiger charge is 2.11. The quantitative estimate of drug-likeness (QED) is 0.774. The van der Waals surface area contributed by atoms with E-state index in [4.69, 9.17) is 9.47 Å². The van der Waals surface area contributed by atoms with Crippen LogP contribution < -0.4 is 10.1 Å². The Balaban J connectivity index is 2.12. The summed E-state index contributed by atoms with van der Waals surface area (Å²) in [6.07, 6.45) is 1.35. The largest absolute Gasteiger partial charge is 0.463 e. The highest BCUT2D eigenvalue weighted by molar-refractivity contribution is 6.05. The summed E-state index contributed by atoms with van der Waals surface area (Å²) in [6, 6.07) is 14.5. The molecule has 0 aromatic heterocycles. The Morgan fingerprint density at radius 1 is 1.22 bits per heavy atom. The van der Waals surface area contributed by atoms with Crippen LogP contribution in [0.3, 0.4) is 0 Å². The van der Waals surface area contributed by atoms with Crippen LogP contribution in [-0.2, 0) is 4.74 Å². The maximum atomic E-state index is 12.4. The lowest BCUT2D eigenvalue weighted by Crippen LogP contribution is -2.18. The van der Waals surface area contributed by atoms with Crippen LogP contribution in [0.2, 0.25) is 0 Å². The Hall–Kier alpha value is -2.59. The van der Waals surface area contributed by atoms with Crippen LogP contribution in [0.4, 0.5) is 5.69 Å². The third-order valence-corrected chi connectivity index (χ3v) is 3.24. The number of rotatable bonds is 7. The second kappa shape index (κ2) is 8.15. The number of carbonyl (C=O) groups excluding carboxylic acids is 1. The molecular weight excluding hydrogens is 290 g/mol. The number of hydrogen-bond acceptors (Lipinski definition) is 3. The van der Waals surface area contributed by atoms with Crippen molar-refractivity contribution < 1.29 is 14.3 Å². The third-order valence-electron chi connectivity index (χ3n) is 3.24. The molecule has 120 valence electrons. The van der Waals surface area contributed by atoms with Crippen LogP contribution in [0.5, 0.6) is 5.75 Å². The van der Waals surface area contributed by atoms with Crippen LogP contribution in [0.15, 0.2) is 55.1 Å². The molecular formula is C19H21NO3. The van der Waals surface area contributed by atoms with Crippen molar-refractivity contribution in [3.63, 3.8) is 0 Å². The maximum Gasteiger partial charge on any atom is 0.255 e. The first-order valence-electron chi connectivity index (χ1n) is 7.55. The predicted molar refractivity (Wildman–Crippen MR) is 92.6 cm³/mol. The van der Waals surface area contributed by atoms with Crippen molar-refractivity contribution in [2.75, 3.05) is 11.9 Å². The maximum absolute atomic E-state index is 12.4. The van der Waals surface area contributed by atoms with E-state index in [1.807, 2.05) is 38.1 Å². The van der Waals surface area contributed by atoms with Crippen LogP contribution in [0.1, 0.15) is 29.8 Å². The first kappa shape index (κ1) is 16.8. The SMILES string of the molecule is C=Cc1ccc(C(=O)Nc2ccccc2OC(C)OCC)cc1. The van der Waals surface area contributed by atoms with Gasteiger partial charge in [-0.25, -0.2) is 0 Å². The van der Waals surface area contributed by atoms with Gasteiger partial charge in [0.15, 0.2) is 6.29 Å². The molecule has 4 nitrogen and oxygen atoms in total. The zero-order valence-electron chi connectivity index (χ0n) is 13.4. The van der Waals surface area contributed by atoms with E-state index in [0.29, 0.717) is 23.6 Å². The minimum atomic E-state index is -0.384. The van der Waals surface area contributed by atoms with E-state index in [2.05, 4.69) is 11.9 Å². The third kappa shape index (κ3) is 4.69. The van der Waals surface area contributed by atoms with Crippen molar-refractivity contribution in [1.82, 2.24) is 0 Å². The molecule has 2 rings (SSSR count). The van der Waals surface area contributed by atoms with Gasteiger partial charge in [0, 0.05) is 12.2 Å². The molecule has 0 saturated heterocycles. The van der Waals surface area contributed by atoms with Crippen molar-refractivity contribution in [1.29, 1.82) is 0 Å². The number of para-hydroxylation sites is 2. The first-order valence-corrected chi connectivity index (χ1v) is 7.55. The predicted octanol–water partition coefficient (Wildman–Crippen LogP) is 4.34. The summed E-state index contributed by atoms with van der Waals surface area (Å²) in [7, 11) is 0. The van der Waals surface area contributed by atoms with Crippen molar-refractivity contribution in [3.8, 4) is 5.75 Å². The summed E-state index contributed by atoms with van der Waals surface area (Å²) < 4.78 is 11.1. The second-order valence-corrected chi connectivity index (χ2v) is 4.92. The van der Waals surface area contributed by atoms with E-state index in [9.17, 15) is 4.79 Å². The highest BCUT2D eigenvalue weighted by Crippen LogP contribution is 2.25. The van der Waals surface area contributed by atoms with Crippen molar-refractivity contribution in [3.05, 3.63) is 66.2 Å². The Kier molecular flexibility index (Phi) is 5.94. The Morgan fingerprint density at radius 2 is 1.91 bits per heavy atom. The number of nitrogens with one attached hydrogen (secondary N) is 1. The Labute approximate surface area is 136 Å². The smallest absolute Gasteiger partial charge is 0.255 e. The van der Waals surface area contributed by atoms with E-state index < -0.39 is 0 Å². The second-order valence-electron chi connectivity index (χ2n) is 4.92. The molecule has 0 heterocycles. The van der Waals surface area contributed by atoms with Crippen molar-refractivity contribution in [2.45, 2.75) is 20.1 Å². The number of ether oxygens (including phenoxy) is 2. The van der Waals surface area contributed by atoms with Gasteiger partial charge in [0.05, 0.1) is 5.69 Å². The molecule has 0 saturated carbocycles. The van der Waals surface area contributed by atoms with E-state index >= 15 is 0 Å². The molecule has 1 amide bonds. The number of amides is 1. The van der Waals surface area contributed by atoms with Gasteiger partial charge in [0.25, 0.3) is 5.91 Å². The lowest BCUT2D eigenvalue weighted by atomic mass is 10.1. The molecule has 0 bridgehead atoms. The molecule has 0 spiro atoms. The summed E-state index contributed by atoms with van der Waals surface area (Å²) in [6.45, 7) is 7.98. The average Bonchev–Trinajstić information content (AvgIpc) is 2.57. The van der Waals surface area contributed by atoms with E-state index in [0.717, 1.165) is 5.56 Å². The van der Waals surface area contributed by atoms with E-state index in [1.165, 1.54) is 0 Å². The molecule has 2 aromatic carbocycles. The lowest BCUT2D eigenvalue weighted by molar-refractivity contribution is -0.0609. The standard InChI is InChI=1S/C19H21NO3/c1-4-15-10-12-16(13-11-15)19(21)20-17-8-6-7-9-18(17)23-14(3)22-5-2/h4,6-14H,1,5H2,2-3H3,(H,20,21). The van der Waals surface area contributed by atoms with Crippen molar-refractivity contribution in [2.24, 2.45) is 0 Å². The first-order chi connectivity index (χ1) is 11.1. The van der Waals surface area contributed by atoms with Gasteiger partial charge in [-0.05, 0) is 43.7 Å². The lowest BCUT2D eigenvalue weighted by Gasteiger charge is -2.17. The highest BCUT2D eigenvalue weighted by atomic mass is 16.7. The molecule has 0 aliphatic heterocycles. The van der Waals surface area contributed by atoms with Gasteiger partial charge < -0.3 is 14.8 Å². The van der Waals surface area contributed by atoms with Crippen LogP contribution in [-0.4, -0.2) is 18.8 Å². The fourth-order valence-electron chi connectivity index (χ4n) is 2.09. The molecule has 0 aliphatic carbocycles. The molecule has 4 heteroatoms. The fourth-order valence-corrected chi connectivity index (χ4v) is 2.09. The molecule has 1 N–H and O–H groups in total. The molecule has 1 atom stereocenters. The van der Waals surface area contributed by atoms with Gasteiger partial charge in [0.1, 0.15) is 5.75 Å². The van der Waals surface area contributed by atoms with Crippen LogP contribution in [0, 0.1) is 0 Å². The number of hydrogen-bond donors (Lipinski definition) is 1. The van der Waals surface area contributed by atoms with Gasteiger partial charge in [0.2, 0.25) is 0 Å². The molecule has 2 aromatic rings. The summed E-state index contributed by atoms with van der Waals surface area (Å²) in [5, 5.41) is 2.87. The minimum absolute atomic E-state index is 0.194. The average molecular weight is 311 g/mol. The normalized spacial score (nSPS) is 11.6. The van der Waals surface area contributed by atoms with Gasteiger partial charge in [-0.1, -0.05) is 36.9 Å². The zero-order chi connectivity index (χ0) is 16.7. The number of anilines is 1. The van der Waals surface area contributed by atoms with Crippen LogP contribution >= 0.6 is 0 Å². The number of benzene rings is 2. The molecule has 1 unspecified atom stereocenters. The summed E-state index contributed by atoms with van der Waals surface area (Å²) in [4.78, 5) is 12.4. The van der Waals surface area contributed by atoms with Crippen molar-refractivity contribution >= 4 is 17.7 Å². The Morgan fingerprint density at radius 3 is 2.57 bits per heavy atom. The van der Waals surface area contributed by atoms with Gasteiger partial charge in [-0.3, -0.25) is 4.79 Å². The molecule has 23 heavy (non-hydrogen) atoms. The summed E-state index contributed by atoms with van der Waals surface area (Å²) in [5.41, 5.74) is 2.15. The molecule has 0 radical (unpaired) electrons. The van der Waals surface area contributed by atoms with Gasteiger partial charge >= 0.3 is 0 Å². The summed E-state index contributed by atoms with van der Waals surface area (Å²) >= 11 is 0. The Bertz CT molecular complexity index is 665. The zero-order valence-corrected chi connectivity index (χ0v) is 13.4. The fraction of sp³-hybridized carbons (Fsp3) is 0.211. The van der Waals surface area contributed by atoms with Gasteiger partial charge in [-0.2, -0.15) is 0 Å². The van der Waals surface area contributed by atoms with Crippen LogP contribution in [0.25, 0.3) is 6.08 Å².